The molecule has 0 saturated carbocycles. The van der Waals surface area contributed by atoms with Gasteiger partial charge in [-0.25, -0.2) is 9.59 Å². The van der Waals surface area contributed by atoms with E-state index in [0.29, 0.717) is 11.3 Å². The van der Waals surface area contributed by atoms with Gasteiger partial charge in [0.15, 0.2) is 0 Å². The van der Waals surface area contributed by atoms with E-state index in [1.54, 1.807) is 42.1 Å². The maximum Gasteiger partial charge on any atom is 0.337 e. The molecular weight excluding hydrogens is 312 g/mol. The van der Waals surface area contributed by atoms with Crippen LogP contribution in [0.1, 0.15) is 15.9 Å². The fraction of sp³-hybridized carbons (Fsp3) is 0.111. The zero-order valence-electron chi connectivity index (χ0n) is 12.8. The second-order valence-electron chi connectivity index (χ2n) is 4.54. The van der Waals surface area contributed by atoms with E-state index < -0.39 is 11.9 Å². The largest absolute Gasteiger partial charge is 0.465 e. The third kappa shape index (κ3) is 5.00. The highest BCUT2D eigenvalue weighted by Crippen LogP contribution is 2.16. The van der Waals surface area contributed by atoms with Gasteiger partial charge >= 0.3 is 11.9 Å². The molecule has 0 aliphatic rings. The van der Waals surface area contributed by atoms with Gasteiger partial charge in [-0.2, -0.15) is 0 Å². The van der Waals surface area contributed by atoms with E-state index in [4.69, 9.17) is 4.74 Å². The van der Waals surface area contributed by atoms with Crippen LogP contribution in [-0.4, -0.2) is 25.3 Å². The number of carbonyl (C=O) groups is 2. The van der Waals surface area contributed by atoms with Gasteiger partial charge in [-0.3, -0.25) is 0 Å². The van der Waals surface area contributed by atoms with Crippen LogP contribution in [0.4, 0.5) is 0 Å². The monoisotopic (exact) mass is 328 g/mol. The van der Waals surface area contributed by atoms with Crippen molar-refractivity contribution in [2.24, 2.45) is 0 Å². The van der Waals surface area contributed by atoms with Crippen molar-refractivity contribution in [3.05, 3.63) is 65.7 Å². The summed E-state index contributed by atoms with van der Waals surface area (Å²) in [5.74, 6) is -0.550. The summed E-state index contributed by atoms with van der Waals surface area (Å²) in [4.78, 5) is 24.3. The average Bonchev–Trinajstić information content (AvgIpc) is 2.60. The Balaban J connectivity index is 1.95. The Morgan fingerprint density at radius 3 is 2.22 bits per heavy atom. The van der Waals surface area contributed by atoms with Gasteiger partial charge in [-0.05, 0) is 54.3 Å². The summed E-state index contributed by atoms with van der Waals surface area (Å²) < 4.78 is 9.77. The summed E-state index contributed by atoms with van der Waals surface area (Å²) in [5, 5.41) is 0. The standard InChI is InChI=1S/C18H16O4S/c1-21-18(20)14-6-8-15(9-7-14)22-17(19)12-5-13-3-10-16(23-2)11-4-13/h3-12H,1-2H3/b12-5+. The first-order valence-corrected chi connectivity index (χ1v) is 8.07. The molecule has 0 saturated heterocycles. The van der Waals surface area contributed by atoms with Crippen molar-refractivity contribution >= 4 is 29.8 Å². The minimum atomic E-state index is -0.482. The molecule has 2 rings (SSSR count). The van der Waals surface area contributed by atoms with Crippen LogP contribution in [-0.2, 0) is 9.53 Å². The highest BCUT2D eigenvalue weighted by Gasteiger charge is 2.06. The molecule has 0 heterocycles. The minimum absolute atomic E-state index is 0.366. The molecule has 2 aromatic rings. The van der Waals surface area contributed by atoms with Crippen LogP contribution >= 0.6 is 11.8 Å². The smallest absolute Gasteiger partial charge is 0.337 e. The Morgan fingerprint density at radius 1 is 1.00 bits per heavy atom. The third-order valence-electron chi connectivity index (χ3n) is 3.02. The van der Waals surface area contributed by atoms with E-state index in [-0.39, 0.29) is 0 Å². The maximum atomic E-state index is 11.8. The number of rotatable bonds is 5. The van der Waals surface area contributed by atoms with E-state index >= 15 is 0 Å². The van der Waals surface area contributed by atoms with Crippen molar-refractivity contribution in [2.75, 3.05) is 13.4 Å². The second kappa shape index (κ2) is 8.19. The van der Waals surface area contributed by atoms with E-state index in [1.807, 2.05) is 30.5 Å². The van der Waals surface area contributed by atoms with Gasteiger partial charge < -0.3 is 9.47 Å². The average molecular weight is 328 g/mol. The zero-order valence-corrected chi connectivity index (χ0v) is 13.6. The second-order valence-corrected chi connectivity index (χ2v) is 5.42. The van der Waals surface area contributed by atoms with Gasteiger partial charge in [0, 0.05) is 11.0 Å². The number of hydrogen-bond donors (Lipinski definition) is 0. The predicted octanol–water partition coefficient (Wildman–Crippen LogP) is 3.81. The fourth-order valence-corrected chi connectivity index (χ4v) is 2.21. The third-order valence-corrected chi connectivity index (χ3v) is 3.77. The van der Waals surface area contributed by atoms with Crippen LogP contribution in [0.2, 0.25) is 0 Å². The van der Waals surface area contributed by atoms with Crippen molar-refractivity contribution in [2.45, 2.75) is 4.90 Å². The molecule has 0 bridgehead atoms. The number of thioether (sulfide) groups is 1. The molecule has 0 aliphatic heterocycles. The Hall–Kier alpha value is -2.53. The molecule has 0 aromatic heterocycles. The molecule has 23 heavy (non-hydrogen) atoms. The predicted molar refractivity (Wildman–Crippen MR) is 90.7 cm³/mol. The summed E-state index contributed by atoms with van der Waals surface area (Å²) in [6.07, 6.45) is 5.06. The molecule has 0 atom stereocenters. The molecule has 0 spiro atoms. The van der Waals surface area contributed by atoms with Crippen molar-refractivity contribution in [1.29, 1.82) is 0 Å². The molecule has 0 fully saturated rings. The van der Waals surface area contributed by atoms with E-state index in [9.17, 15) is 9.59 Å². The van der Waals surface area contributed by atoms with Crippen LogP contribution in [0.25, 0.3) is 6.08 Å². The summed E-state index contributed by atoms with van der Waals surface area (Å²) in [6.45, 7) is 0. The lowest BCUT2D eigenvalue weighted by Crippen LogP contribution is -2.05. The number of ether oxygens (including phenoxy) is 2. The molecular formula is C18H16O4S. The summed E-state index contributed by atoms with van der Waals surface area (Å²) in [5.41, 5.74) is 1.32. The van der Waals surface area contributed by atoms with Gasteiger partial charge in [-0.15, -0.1) is 11.8 Å². The zero-order chi connectivity index (χ0) is 16.7. The molecule has 118 valence electrons. The first kappa shape index (κ1) is 16.8. The normalized spacial score (nSPS) is 10.5. The SMILES string of the molecule is COC(=O)c1ccc(OC(=O)/C=C/c2ccc(SC)cc2)cc1. The summed E-state index contributed by atoms with van der Waals surface area (Å²) >= 11 is 1.66. The number of esters is 2. The van der Waals surface area contributed by atoms with Crippen LogP contribution in [0.5, 0.6) is 5.75 Å². The Bertz CT molecular complexity index is 703. The molecule has 2 aromatic carbocycles. The lowest BCUT2D eigenvalue weighted by molar-refractivity contribution is -0.128. The van der Waals surface area contributed by atoms with Crippen molar-refractivity contribution in [3.8, 4) is 5.75 Å². The molecule has 5 heteroatoms. The lowest BCUT2D eigenvalue weighted by atomic mass is 10.2. The fourth-order valence-electron chi connectivity index (χ4n) is 1.81. The van der Waals surface area contributed by atoms with Gasteiger partial charge in [0.1, 0.15) is 5.75 Å². The number of carbonyl (C=O) groups excluding carboxylic acids is 2. The Kier molecular flexibility index (Phi) is 6.00. The summed E-state index contributed by atoms with van der Waals surface area (Å²) in [6, 6.07) is 14.0. The van der Waals surface area contributed by atoms with Crippen molar-refractivity contribution in [1.82, 2.24) is 0 Å². The topological polar surface area (TPSA) is 52.6 Å². The Labute approximate surface area is 139 Å². The quantitative estimate of drug-likeness (QED) is 0.361. The molecule has 0 amide bonds. The number of benzene rings is 2. The van der Waals surface area contributed by atoms with E-state index in [2.05, 4.69) is 4.74 Å². The molecule has 0 radical (unpaired) electrons. The van der Waals surface area contributed by atoms with Crippen molar-refractivity contribution < 1.29 is 19.1 Å². The van der Waals surface area contributed by atoms with Crippen molar-refractivity contribution in [3.63, 3.8) is 0 Å². The van der Waals surface area contributed by atoms with Gasteiger partial charge in [0.2, 0.25) is 0 Å². The molecule has 0 aliphatic carbocycles. The number of hydrogen-bond acceptors (Lipinski definition) is 5. The number of methoxy groups -OCH3 is 1. The molecule has 0 N–H and O–H groups in total. The minimum Gasteiger partial charge on any atom is -0.465 e. The summed E-state index contributed by atoms with van der Waals surface area (Å²) in [7, 11) is 1.31. The highest BCUT2D eigenvalue weighted by atomic mass is 32.2. The van der Waals surface area contributed by atoms with Crippen LogP contribution < -0.4 is 4.74 Å². The van der Waals surface area contributed by atoms with E-state index in [0.717, 1.165) is 10.5 Å². The van der Waals surface area contributed by atoms with Crippen LogP contribution in [0.15, 0.2) is 59.5 Å². The first-order valence-electron chi connectivity index (χ1n) is 6.84. The molecule has 0 unspecified atom stereocenters. The first-order chi connectivity index (χ1) is 11.1. The maximum absolute atomic E-state index is 11.8. The highest BCUT2D eigenvalue weighted by molar-refractivity contribution is 7.98. The van der Waals surface area contributed by atoms with E-state index in [1.165, 1.54) is 13.2 Å². The van der Waals surface area contributed by atoms with Gasteiger partial charge in [-0.1, -0.05) is 12.1 Å². The Morgan fingerprint density at radius 2 is 1.65 bits per heavy atom. The van der Waals surface area contributed by atoms with Crippen LogP contribution in [0.3, 0.4) is 0 Å². The molecule has 4 nitrogen and oxygen atoms in total. The van der Waals surface area contributed by atoms with Gasteiger partial charge in [0.25, 0.3) is 0 Å². The lowest BCUT2D eigenvalue weighted by Gasteiger charge is -2.03. The van der Waals surface area contributed by atoms with Crippen LogP contribution in [0, 0.1) is 0 Å². The van der Waals surface area contributed by atoms with Gasteiger partial charge in [0.05, 0.1) is 12.7 Å².